The summed E-state index contributed by atoms with van der Waals surface area (Å²) in [6.07, 6.45) is -0.971. The van der Waals surface area contributed by atoms with Crippen molar-refractivity contribution in [1.29, 1.82) is 0 Å². The number of pyridine rings is 1. The maximum absolute atomic E-state index is 9.81. The summed E-state index contributed by atoms with van der Waals surface area (Å²) in [6, 6.07) is 1.66. The zero-order valence-electron chi connectivity index (χ0n) is 9.13. The number of aliphatic hydroxyl groups excluding tert-OH is 2. The number of aliphatic carboxylic acids is 1. The van der Waals surface area contributed by atoms with Crippen LogP contribution in [-0.4, -0.2) is 45.1 Å². The smallest absolute Gasteiger partial charge is 0.339 e. The lowest BCUT2D eigenvalue weighted by molar-refractivity contribution is -0.185. The molecule has 2 unspecified atom stereocenters. The number of carboxylic acid groups (broad SMARTS) is 1. The second kappa shape index (κ2) is 7.81. The summed E-state index contributed by atoms with van der Waals surface area (Å²) < 4.78 is 3.71. The molecule has 0 saturated heterocycles. The van der Waals surface area contributed by atoms with Gasteiger partial charge in [-0.1, -0.05) is 0 Å². The molecule has 0 fully saturated rings. The molecule has 18 heavy (non-hydrogen) atoms. The van der Waals surface area contributed by atoms with Crippen LogP contribution < -0.4 is 11.5 Å². The number of anilines is 2. The van der Waals surface area contributed by atoms with Gasteiger partial charge in [-0.05, 0) is 6.07 Å². The van der Waals surface area contributed by atoms with Gasteiger partial charge in [-0.15, -0.1) is 0 Å². The lowest BCUT2D eigenvalue weighted by atomic mass is 10.3. The normalized spacial score (nSPS) is 12.6. The molecular formula is C9H13N3O6. The summed E-state index contributed by atoms with van der Waals surface area (Å²) >= 11 is 0. The van der Waals surface area contributed by atoms with E-state index in [1.165, 1.54) is 6.20 Å². The third-order valence-corrected chi connectivity index (χ3v) is 1.61. The zero-order valence-corrected chi connectivity index (χ0v) is 9.13. The van der Waals surface area contributed by atoms with E-state index in [9.17, 15) is 9.59 Å². The van der Waals surface area contributed by atoms with Crippen molar-refractivity contribution in [3.8, 4) is 0 Å². The van der Waals surface area contributed by atoms with Crippen LogP contribution in [0, 0.1) is 0 Å². The van der Waals surface area contributed by atoms with E-state index >= 15 is 0 Å². The van der Waals surface area contributed by atoms with E-state index < -0.39 is 18.4 Å². The van der Waals surface area contributed by atoms with Crippen molar-refractivity contribution >= 4 is 23.8 Å². The number of nitrogen functional groups attached to an aromatic ring is 2. The Bertz CT molecular complexity index is 379. The van der Waals surface area contributed by atoms with Crippen LogP contribution in [0.1, 0.15) is 0 Å². The summed E-state index contributed by atoms with van der Waals surface area (Å²) in [5.74, 6) is -1.66. The van der Waals surface area contributed by atoms with Gasteiger partial charge in [-0.2, -0.15) is 0 Å². The lowest BCUT2D eigenvalue weighted by Gasteiger charge is -2.10. The highest BCUT2D eigenvalue weighted by atomic mass is 16.6. The average Bonchev–Trinajstić information content (AvgIpc) is 2.33. The molecule has 1 aromatic heterocycles. The minimum absolute atomic E-state index is 0.156. The Kier molecular flexibility index (Phi) is 6.78. The number of carbonyl (C=O) groups is 2. The molecule has 9 heteroatoms. The maximum Gasteiger partial charge on any atom is 0.339 e. The molecule has 0 amide bonds. The molecule has 0 aliphatic carbocycles. The van der Waals surface area contributed by atoms with Crippen LogP contribution in [0.2, 0.25) is 0 Å². The van der Waals surface area contributed by atoms with Crippen LogP contribution in [0.3, 0.4) is 0 Å². The van der Waals surface area contributed by atoms with E-state index in [0.29, 0.717) is 11.4 Å². The third kappa shape index (κ3) is 5.63. The Morgan fingerprint density at radius 1 is 1.39 bits per heavy atom. The van der Waals surface area contributed by atoms with E-state index in [0.717, 1.165) is 0 Å². The molecule has 0 saturated carbocycles. The fourth-order valence-corrected chi connectivity index (χ4v) is 0.671. The van der Waals surface area contributed by atoms with Crippen molar-refractivity contribution in [1.82, 2.24) is 4.98 Å². The van der Waals surface area contributed by atoms with Crippen molar-refractivity contribution in [3.63, 3.8) is 0 Å². The number of aliphatic hydroxyl groups is 2. The first kappa shape index (κ1) is 15.6. The first-order valence-corrected chi connectivity index (χ1v) is 4.53. The predicted molar refractivity (Wildman–Crippen MR) is 59.9 cm³/mol. The number of carboxylic acids is 1. The van der Waals surface area contributed by atoms with E-state index in [4.69, 9.17) is 26.8 Å². The molecule has 0 aliphatic rings. The number of hydrogen-bond donors (Lipinski definition) is 5. The Morgan fingerprint density at radius 3 is 2.33 bits per heavy atom. The maximum atomic E-state index is 9.81. The fraction of sp³-hybridized carbons (Fsp3) is 0.222. The Hall–Kier alpha value is -2.39. The summed E-state index contributed by atoms with van der Waals surface area (Å²) in [7, 11) is 0. The van der Waals surface area contributed by atoms with Gasteiger partial charge in [0.1, 0.15) is 0 Å². The summed E-state index contributed by atoms with van der Waals surface area (Å²) in [4.78, 5) is 23.0. The molecule has 100 valence electrons. The van der Waals surface area contributed by atoms with Crippen LogP contribution in [-0.2, 0) is 14.3 Å². The van der Waals surface area contributed by atoms with Crippen LogP contribution in [0.4, 0.5) is 11.4 Å². The SMILES string of the molecule is Nc1ccncc1N.O=COC(O)C(O)C(=O)O. The van der Waals surface area contributed by atoms with Gasteiger partial charge in [0.25, 0.3) is 6.47 Å². The average molecular weight is 259 g/mol. The van der Waals surface area contributed by atoms with Gasteiger partial charge < -0.3 is 31.5 Å². The van der Waals surface area contributed by atoms with Crippen molar-refractivity contribution < 1.29 is 29.6 Å². The number of aromatic nitrogens is 1. The van der Waals surface area contributed by atoms with Gasteiger partial charge in [0.2, 0.25) is 12.4 Å². The highest BCUT2D eigenvalue weighted by Gasteiger charge is 2.24. The van der Waals surface area contributed by atoms with Crippen LogP contribution in [0.5, 0.6) is 0 Å². The Labute approximate surface area is 102 Å². The number of rotatable bonds is 4. The summed E-state index contributed by atoms with van der Waals surface area (Å²) in [5.41, 5.74) is 11.8. The van der Waals surface area contributed by atoms with Crippen LogP contribution in [0.15, 0.2) is 18.5 Å². The zero-order chi connectivity index (χ0) is 14.1. The molecule has 0 bridgehead atoms. The summed E-state index contributed by atoms with van der Waals surface area (Å²) in [5, 5.41) is 24.8. The van der Waals surface area contributed by atoms with Crippen molar-refractivity contribution in [2.45, 2.75) is 12.4 Å². The van der Waals surface area contributed by atoms with Crippen molar-refractivity contribution in [3.05, 3.63) is 18.5 Å². The molecule has 2 atom stereocenters. The van der Waals surface area contributed by atoms with Gasteiger partial charge in [0.05, 0.1) is 17.6 Å². The van der Waals surface area contributed by atoms with Crippen LogP contribution in [0.25, 0.3) is 0 Å². The monoisotopic (exact) mass is 259 g/mol. The van der Waals surface area contributed by atoms with Crippen molar-refractivity contribution in [2.24, 2.45) is 0 Å². The quantitative estimate of drug-likeness (QED) is 0.308. The topological polar surface area (TPSA) is 169 Å². The Balaban J connectivity index is 0.000000327. The molecule has 1 aromatic rings. The Morgan fingerprint density at radius 2 is 2.00 bits per heavy atom. The number of nitrogens with two attached hydrogens (primary N) is 2. The minimum Gasteiger partial charge on any atom is -0.479 e. The van der Waals surface area contributed by atoms with Gasteiger partial charge in [0, 0.05) is 6.20 Å². The third-order valence-electron chi connectivity index (χ3n) is 1.61. The number of hydrogen-bond acceptors (Lipinski definition) is 8. The molecule has 1 rings (SSSR count). The molecule has 7 N–H and O–H groups in total. The van der Waals surface area contributed by atoms with E-state index in [1.807, 2.05) is 0 Å². The van der Waals surface area contributed by atoms with Crippen molar-refractivity contribution in [2.75, 3.05) is 11.5 Å². The predicted octanol–water partition coefficient (Wildman–Crippen LogP) is -1.83. The van der Waals surface area contributed by atoms with E-state index in [2.05, 4.69) is 9.72 Å². The molecule has 1 heterocycles. The molecule has 0 radical (unpaired) electrons. The van der Waals surface area contributed by atoms with Gasteiger partial charge in [-0.3, -0.25) is 9.78 Å². The van der Waals surface area contributed by atoms with E-state index in [-0.39, 0.29) is 6.47 Å². The van der Waals surface area contributed by atoms with Gasteiger partial charge >= 0.3 is 5.97 Å². The van der Waals surface area contributed by atoms with E-state index in [1.54, 1.807) is 12.3 Å². The molecule has 0 aromatic carbocycles. The number of carbonyl (C=O) groups excluding carboxylic acids is 1. The molecule has 9 nitrogen and oxygen atoms in total. The highest BCUT2D eigenvalue weighted by Crippen LogP contribution is 2.08. The molecule has 0 aliphatic heterocycles. The largest absolute Gasteiger partial charge is 0.479 e. The highest BCUT2D eigenvalue weighted by molar-refractivity contribution is 5.72. The van der Waals surface area contributed by atoms with Gasteiger partial charge in [-0.25, -0.2) is 4.79 Å². The number of nitrogens with zero attached hydrogens (tertiary/aromatic N) is 1. The first-order chi connectivity index (χ1) is 8.40. The second-order valence-corrected chi connectivity index (χ2v) is 2.91. The van der Waals surface area contributed by atoms with Crippen LogP contribution >= 0.6 is 0 Å². The fourth-order valence-electron chi connectivity index (χ4n) is 0.671. The number of ether oxygens (including phenoxy) is 1. The molecule has 0 spiro atoms. The first-order valence-electron chi connectivity index (χ1n) is 4.53. The van der Waals surface area contributed by atoms with Gasteiger partial charge in [0.15, 0.2) is 0 Å². The lowest BCUT2D eigenvalue weighted by Crippen LogP contribution is -2.35. The second-order valence-electron chi connectivity index (χ2n) is 2.91. The molecular weight excluding hydrogens is 246 g/mol. The standard InChI is InChI=1S/C5H7N3.C4H6O6/c6-4-1-2-8-3-5(4)7;5-1-10-4(9)2(6)3(7)8/h1-3H,7H2,(H2,6,8);1-2,4,6,9H,(H,7,8). The minimum atomic E-state index is -2.09. The summed E-state index contributed by atoms with van der Waals surface area (Å²) in [6.45, 7) is -0.156.